The van der Waals surface area contributed by atoms with Crippen molar-refractivity contribution in [3.05, 3.63) is 62.3 Å². The van der Waals surface area contributed by atoms with Gasteiger partial charge in [-0.25, -0.2) is 9.98 Å². The van der Waals surface area contributed by atoms with Gasteiger partial charge in [0.1, 0.15) is 0 Å². The molecule has 0 fully saturated rings. The van der Waals surface area contributed by atoms with Gasteiger partial charge in [0.25, 0.3) is 0 Å². The van der Waals surface area contributed by atoms with Gasteiger partial charge >= 0.3 is 0 Å². The molecule has 0 saturated heterocycles. The molecule has 2 aliphatic rings. The SMILES string of the molecule is CCC1=C(CC)C(/C=C2\[NH+]=C(C)C(CC)=C2C)=[NH+]C1=Cc1[nH]c(C)c(CC)c1C. The van der Waals surface area contributed by atoms with Gasteiger partial charge in [-0.15, -0.1) is 0 Å². The highest BCUT2D eigenvalue weighted by atomic mass is 14.8. The first-order chi connectivity index (χ1) is 13.9. The average molecular weight is 392 g/mol. The fraction of sp³-hybridized carbons (Fsp3) is 0.462. The van der Waals surface area contributed by atoms with Crippen molar-refractivity contribution in [1.29, 1.82) is 0 Å². The van der Waals surface area contributed by atoms with Crippen molar-refractivity contribution in [3.63, 3.8) is 0 Å². The van der Waals surface area contributed by atoms with E-state index in [0.717, 1.165) is 25.7 Å². The summed E-state index contributed by atoms with van der Waals surface area (Å²) in [5.74, 6) is 0. The molecule has 0 spiro atoms. The second-order valence-electron chi connectivity index (χ2n) is 8.15. The highest BCUT2D eigenvalue weighted by Crippen LogP contribution is 2.26. The van der Waals surface area contributed by atoms with Gasteiger partial charge in [0.05, 0.1) is 6.08 Å². The van der Waals surface area contributed by atoms with Gasteiger partial charge in [0.15, 0.2) is 5.71 Å². The molecule has 29 heavy (non-hydrogen) atoms. The Kier molecular flexibility index (Phi) is 6.26. The van der Waals surface area contributed by atoms with Crippen LogP contribution in [0, 0.1) is 13.8 Å². The lowest BCUT2D eigenvalue weighted by Gasteiger charge is -2.00. The van der Waals surface area contributed by atoms with Crippen LogP contribution < -0.4 is 9.98 Å². The number of aromatic amines is 1. The third-order valence-electron chi connectivity index (χ3n) is 6.54. The minimum atomic E-state index is 1.03. The second kappa shape index (κ2) is 8.52. The summed E-state index contributed by atoms with van der Waals surface area (Å²) in [6, 6.07) is 0. The number of rotatable bonds is 6. The number of allylic oxidation sites excluding steroid dienone is 5. The molecule has 0 amide bonds. The third kappa shape index (κ3) is 3.75. The van der Waals surface area contributed by atoms with E-state index in [-0.39, 0.29) is 0 Å². The van der Waals surface area contributed by atoms with Crippen LogP contribution in [0.25, 0.3) is 6.08 Å². The molecule has 0 aromatic carbocycles. The van der Waals surface area contributed by atoms with Crippen LogP contribution in [0.15, 0.2) is 39.8 Å². The molecule has 3 nitrogen and oxygen atoms in total. The maximum absolute atomic E-state index is 3.75. The van der Waals surface area contributed by atoms with Crippen molar-refractivity contribution in [2.24, 2.45) is 0 Å². The van der Waals surface area contributed by atoms with Gasteiger partial charge in [-0.1, -0.05) is 27.7 Å². The zero-order valence-corrected chi connectivity index (χ0v) is 19.5. The molecule has 2 aliphatic heterocycles. The van der Waals surface area contributed by atoms with E-state index in [9.17, 15) is 0 Å². The first kappa shape index (κ1) is 21.3. The number of hydrogen-bond acceptors (Lipinski definition) is 0. The van der Waals surface area contributed by atoms with Crippen LogP contribution in [-0.4, -0.2) is 16.4 Å². The lowest BCUT2D eigenvalue weighted by Crippen LogP contribution is -2.70. The minimum absolute atomic E-state index is 1.03. The Labute approximate surface area is 176 Å². The molecule has 3 N–H and O–H groups in total. The smallest absolute Gasteiger partial charge is 0.214 e. The molecule has 1 aromatic heterocycles. The minimum Gasteiger partial charge on any atom is -0.358 e. The van der Waals surface area contributed by atoms with Crippen LogP contribution >= 0.6 is 0 Å². The zero-order chi connectivity index (χ0) is 21.3. The summed E-state index contributed by atoms with van der Waals surface area (Å²) in [6.07, 6.45) is 8.81. The zero-order valence-electron chi connectivity index (χ0n) is 19.5. The summed E-state index contributed by atoms with van der Waals surface area (Å²) < 4.78 is 0. The Balaban J connectivity index is 2.10. The third-order valence-corrected chi connectivity index (χ3v) is 6.54. The Morgan fingerprint density at radius 1 is 0.724 bits per heavy atom. The van der Waals surface area contributed by atoms with E-state index in [2.05, 4.69) is 82.5 Å². The molecule has 0 radical (unpaired) electrons. The van der Waals surface area contributed by atoms with Crippen LogP contribution in [0.4, 0.5) is 0 Å². The Morgan fingerprint density at radius 3 is 1.90 bits per heavy atom. The summed E-state index contributed by atoms with van der Waals surface area (Å²) in [4.78, 5) is 10.9. The molecule has 3 heterocycles. The largest absolute Gasteiger partial charge is 0.358 e. The van der Waals surface area contributed by atoms with Crippen LogP contribution in [-0.2, 0) is 6.42 Å². The standard InChI is InChI=1S/C26H35N3/c1-9-19-15(5)23(27-17(19)7)13-25-21(11-3)22(12-4)26(29-25)14-24-16(6)20(10-2)18(8)28-24/h13-14,27H,9-12H2,1-8H3/p+2/b24-14-,25-13?. The first-order valence-electron chi connectivity index (χ1n) is 11.1. The summed E-state index contributed by atoms with van der Waals surface area (Å²) >= 11 is 0. The molecule has 0 bridgehead atoms. The van der Waals surface area contributed by atoms with Gasteiger partial charge in [0, 0.05) is 46.7 Å². The Bertz CT molecular complexity index is 1020. The molecule has 3 heteroatoms. The summed E-state index contributed by atoms with van der Waals surface area (Å²) in [7, 11) is 0. The van der Waals surface area contributed by atoms with Crippen molar-refractivity contribution in [1.82, 2.24) is 4.98 Å². The fourth-order valence-electron chi connectivity index (χ4n) is 4.94. The van der Waals surface area contributed by atoms with Crippen LogP contribution in [0.2, 0.25) is 0 Å². The van der Waals surface area contributed by atoms with E-state index in [1.807, 2.05) is 0 Å². The molecule has 154 valence electrons. The molecule has 0 atom stereocenters. The molecule has 1 aromatic rings. The molecular weight excluding hydrogens is 354 g/mol. The molecular formula is C26H37N3+2. The highest BCUT2D eigenvalue weighted by Gasteiger charge is 2.31. The van der Waals surface area contributed by atoms with E-state index >= 15 is 0 Å². The highest BCUT2D eigenvalue weighted by molar-refractivity contribution is 6.08. The van der Waals surface area contributed by atoms with E-state index in [1.165, 1.54) is 67.6 Å². The number of H-pyrrole nitrogens is 1. The van der Waals surface area contributed by atoms with E-state index in [0.29, 0.717) is 0 Å². The van der Waals surface area contributed by atoms with Gasteiger partial charge < -0.3 is 4.98 Å². The topological polar surface area (TPSA) is 43.7 Å². The number of hydrogen-bond donors (Lipinski definition) is 3. The van der Waals surface area contributed by atoms with Crippen molar-refractivity contribution in [2.45, 2.75) is 81.1 Å². The fourth-order valence-corrected chi connectivity index (χ4v) is 4.94. The lowest BCUT2D eigenvalue weighted by molar-refractivity contribution is -0.393. The van der Waals surface area contributed by atoms with Crippen molar-refractivity contribution in [3.8, 4) is 0 Å². The van der Waals surface area contributed by atoms with Gasteiger partial charge in [-0.05, 0) is 57.6 Å². The maximum Gasteiger partial charge on any atom is 0.214 e. The Morgan fingerprint density at radius 2 is 1.38 bits per heavy atom. The van der Waals surface area contributed by atoms with Gasteiger partial charge in [-0.2, -0.15) is 0 Å². The molecule has 0 saturated carbocycles. The second-order valence-corrected chi connectivity index (χ2v) is 8.15. The van der Waals surface area contributed by atoms with Crippen molar-refractivity contribution in [2.75, 3.05) is 0 Å². The van der Waals surface area contributed by atoms with Crippen molar-refractivity contribution < 1.29 is 9.98 Å². The van der Waals surface area contributed by atoms with Crippen molar-refractivity contribution >= 4 is 17.5 Å². The van der Waals surface area contributed by atoms with Crippen LogP contribution in [0.1, 0.15) is 83.3 Å². The van der Waals surface area contributed by atoms with Crippen LogP contribution in [0.3, 0.4) is 0 Å². The summed E-state index contributed by atoms with van der Waals surface area (Å²) in [5.41, 5.74) is 16.0. The Hall–Kier alpha value is -2.42. The molecule has 0 aliphatic carbocycles. The monoisotopic (exact) mass is 391 g/mol. The molecule has 0 unspecified atom stereocenters. The summed E-state index contributed by atoms with van der Waals surface area (Å²) in [6.45, 7) is 17.8. The van der Waals surface area contributed by atoms with E-state index in [1.54, 1.807) is 0 Å². The first-order valence-corrected chi connectivity index (χ1v) is 11.1. The summed E-state index contributed by atoms with van der Waals surface area (Å²) in [5, 5.41) is 0. The predicted octanol–water partition coefficient (Wildman–Crippen LogP) is 3.35. The van der Waals surface area contributed by atoms with E-state index in [4.69, 9.17) is 0 Å². The number of aryl methyl sites for hydroxylation is 1. The predicted molar refractivity (Wildman–Crippen MR) is 124 cm³/mol. The maximum atomic E-state index is 3.75. The number of aromatic nitrogens is 1. The lowest BCUT2D eigenvalue weighted by atomic mass is 9.97. The average Bonchev–Trinajstić information content (AvgIpc) is 3.26. The number of nitrogens with one attached hydrogen (secondary N) is 3. The normalized spacial score (nSPS) is 19.9. The van der Waals surface area contributed by atoms with E-state index < -0.39 is 0 Å². The quantitative estimate of drug-likeness (QED) is 0.666. The molecule has 3 rings (SSSR count). The van der Waals surface area contributed by atoms with Gasteiger partial charge in [0.2, 0.25) is 17.1 Å². The van der Waals surface area contributed by atoms with Gasteiger partial charge in [-0.3, -0.25) is 0 Å². The van der Waals surface area contributed by atoms with Crippen LogP contribution in [0.5, 0.6) is 0 Å².